The van der Waals surface area contributed by atoms with E-state index in [0.717, 1.165) is 29.9 Å². The molecule has 1 rings (SSSR count). The number of likely N-dealkylation sites (N-methyl/N-ethyl adjacent to an activating group) is 1. The predicted molar refractivity (Wildman–Crippen MR) is 72.9 cm³/mol. The Morgan fingerprint density at radius 2 is 2.00 bits per heavy atom. The van der Waals surface area contributed by atoms with Gasteiger partial charge in [0.1, 0.15) is 5.76 Å². The Kier molecular flexibility index (Phi) is 5.11. The van der Waals surface area contributed by atoms with E-state index in [1.54, 1.807) is 25.8 Å². The average Bonchev–Trinajstić information content (AvgIpc) is 2.68. The zero-order valence-electron chi connectivity index (χ0n) is 12.5. The van der Waals surface area contributed by atoms with Gasteiger partial charge in [-0.05, 0) is 20.3 Å². The Hall–Kier alpha value is -1.36. The molecule has 0 saturated carbocycles. The lowest BCUT2D eigenvalue weighted by Crippen LogP contribution is -2.40. The fraction of sp³-hybridized carbons (Fsp3) is 0.714. The second kappa shape index (κ2) is 6.19. The summed E-state index contributed by atoms with van der Waals surface area (Å²) in [4.78, 5) is 13.7. The summed E-state index contributed by atoms with van der Waals surface area (Å²) in [5, 5.41) is 13.7. The zero-order valence-corrected chi connectivity index (χ0v) is 12.5. The summed E-state index contributed by atoms with van der Waals surface area (Å²) >= 11 is 0. The van der Waals surface area contributed by atoms with Crippen LogP contribution in [0, 0.1) is 0 Å². The van der Waals surface area contributed by atoms with E-state index < -0.39 is 5.60 Å². The first-order chi connectivity index (χ1) is 8.78. The molecule has 0 aliphatic carbocycles. The van der Waals surface area contributed by atoms with Gasteiger partial charge >= 0.3 is 0 Å². The number of amides is 1. The number of carbonyl (C=O) groups is 1. The Labute approximate surface area is 114 Å². The topological polar surface area (TPSA) is 66.6 Å². The molecule has 0 bridgehead atoms. The SMILES string of the molecule is CCc1noc(CC)c1CC(=O)N(C)CC(C)(C)O. The average molecular weight is 268 g/mol. The van der Waals surface area contributed by atoms with Gasteiger partial charge in [0.25, 0.3) is 0 Å². The van der Waals surface area contributed by atoms with Crippen molar-refractivity contribution in [3.63, 3.8) is 0 Å². The number of aliphatic hydroxyl groups is 1. The predicted octanol–water partition coefficient (Wildman–Crippen LogP) is 1.57. The van der Waals surface area contributed by atoms with Crippen molar-refractivity contribution in [1.29, 1.82) is 0 Å². The van der Waals surface area contributed by atoms with Gasteiger partial charge in [-0.1, -0.05) is 19.0 Å². The van der Waals surface area contributed by atoms with Crippen LogP contribution in [0.4, 0.5) is 0 Å². The maximum Gasteiger partial charge on any atom is 0.227 e. The highest BCUT2D eigenvalue weighted by Gasteiger charge is 2.22. The summed E-state index contributed by atoms with van der Waals surface area (Å²) in [6, 6.07) is 0. The van der Waals surface area contributed by atoms with E-state index in [-0.39, 0.29) is 12.3 Å². The number of aryl methyl sites for hydroxylation is 2. The Balaban J connectivity index is 2.79. The molecule has 5 nitrogen and oxygen atoms in total. The molecule has 1 aromatic rings. The minimum Gasteiger partial charge on any atom is -0.389 e. The number of carbonyl (C=O) groups excluding carboxylic acids is 1. The third-order valence-corrected chi connectivity index (χ3v) is 2.98. The van der Waals surface area contributed by atoms with Gasteiger partial charge in [0.15, 0.2) is 0 Å². The van der Waals surface area contributed by atoms with Crippen molar-refractivity contribution in [2.24, 2.45) is 0 Å². The lowest BCUT2D eigenvalue weighted by atomic mass is 10.0. The van der Waals surface area contributed by atoms with Crippen molar-refractivity contribution in [3.05, 3.63) is 17.0 Å². The first kappa shape index (κ1) is 15.7. The Morgan fingerprint density at radius 3 is 2.47 bits per heavy atom. The molecule has 1 heterocycles. The molecule has 19 heavy (non-hydrogen) atoms. The highest BCUT2D eigenvalue weighted by Crippen LogP contribution is 2.17. The van der Waals surface area contributed by atoms with Crippen LogP contribution < -0.4 is 0 Å². The second-order valence-corrected chi connectivity index (χ2v) is 5.48. The molecule has 1 amide bonds. The largest absolute Gasteiger partial charge is 0.389 e. The van der Waals surface area contributed by atoms with Gasteiger partial charge in [-0.25, -0.2) is 0 Å². The molecule has 1 aromatic heterocycles. The fourth-order valence-corrected chi connectivity index (χ4v) is 2.09. The van der Waals surface area contributed by atoms with E-state index in [1.165, 1.54) is 0 Å². The molecule has 0 atom stereocenters. The minimum absolute atomic E-state index is 0.0327. The molecule has 0 radical (unpaired) electrons. The number of hydrogen-bond donors (Lipinski definition) is 1. The quantitative estimate of drug-likeness (QED) is 0.850. The van der Waals surface area contributed by atoms with E-state index in [1.807, 2.05) is 13.8 Å². The Bertz CT molecular complexity index is 411. The van der Waals surface area contributed by atoms with E-state index in [9.17, 15) is 9.90 Å². The third-order valence-electron chi connectivity index (χ3n) is 2.98. The molecule has 0 saturated heterocycles. The van der Waals surface area contributed by atoms with Crippen molar-refractivity contribution in [3.8, 4) is 0 Å². The summed E-state index contributed by atoms with van der Waals surface area (Å²) in [6.45, 7) is 7.65. The van der Waals surface area contributed by atoms with Gasteiger partial charge in [-0.3, -0.25) is 4.79 Å². The van der Waals surface area contributed by atoms with Crippen LogP contribution in [0.1, 0.15) is 44.7 Å². The summed E-state index contributed by atoms with van der Waals surface area (Å²) < 4.78 is 5.25. The van der Waals surface area contributed by atoms with E-state index >= 15 is 0 Å². The molecule has 108 valence electrons. The smallest absolute Gasteiger partial charge is 0.227 e. The van der Waals surface area contributed by atoms with E-state index in [4.69, 9.17) is 4.52 Å². The van der Waals surface area contributed by atoms with Crippen LogP contribution in [-0.2, 0) is 24.1 Å². The summed E-state index contributed by atoms with van der Waals surface area (Å²) in [6.07, 6.45) is 1.76. The summed E-state index contributed by atoms with van der Waals surface area (Å²) in [5.41, 5.74) is 0.861. The zero-order chi connectivity index (χ0) is 14.6. The lowest BCUT2D eigenvalue weighted by Gasteiger charge is -2.25. The van der Waals surface area contributed by atoms with Crippen LogP contribution >= 0.6 is 0 Å². The van der Waals surface area contributed by atoms with Crippen LogP contribution in [0.2, 0.25) is 0 Å². The van der Waals surface area contributed by atoms with Crippen molar-refractivity contribution < 1.29 is 14.4 Å². The number of aromatic nitrogens is 1. The van der Waals surface area contributed by atoms with Crippen LogP contribution in [0.25, 0.3) is 0 Å². The maximum atomic E-state index is 12.2. The van der Waals surface area contributed by atoms with Gasteiger partial charge in [0.2, 0.25) is 5.91 Å². The monoisotopic (exact) mass is 268 g/mol. The van der Waals surface area contributed by atoms with Gasteiger partial charge < -0.3 is 14.5 Å². The minimum atomic E-state index is -0.889. The first-order valence-electron chi connectivity index (χ1n) is 6.71. The molecule has 0 spiro atoms. The molecular weight excluding hydrogens is 244 g/mol. The third kappa shape index (κ3) is 4.35. The van der Waals surface area contributed by atoms with Crippen LogP contribution in [-0.4, -0.2) is 40.3 Å². The fourth-order valence-electron chi connectivity index (χ4n) is 2.09. The molecule has 0 aliphatic heterocycles. The van der Waals surface area contributed by atoms with E-state index in [2.05, 4.69) is 5.16 Å². The van der Waals surface area contributed by atoms with Crippen LogP contribution in [0.5, 0.6) is 0 Å². The van der Waals surface area contributed by atoms with Crippen LogP contribution in [0.3, 0.4) is 0 Å². The summed E-state index contributed by atoms with van der Waals surface area (Å²) in [7, 11) is 1.70. The molecule has 1 N–H and O–H groups in total. The van der Waals surface area contributed by atoms with Crippen molar-refractivity contribution in [1.82, 2.24) is 10.1 Å². The molecule has 5 heteroatoms. The molecule has 0 aliphatic rings. The van der Waals surface area contributed by atoms with Crippen molar-refractivity contribution in [2.75, 3.05) is 13.6 Å². The number of hydrogen-bond acceptors (Lipinski definition) is 4. The molecule has 0 fully saturated rings. The first-order valence-corrected chi connectivity index (χ1v) is 6.71. The van der Waals surface area contributed by atoms with Crippen molar-refractivity contribution in [2.45, 2.75) is 52.6 Å². The van der Waals surface area contributed by atoms with Crippen molar-refractivity contribution >= 4 is 5.91 Å². The summed E-state index contributed by atoms with van der Waals surface area (Å²) in [5.74, 6) is 0.747. The lowest BCUT2D eigenvalue weighted by molar-refractivity contribution is -0.131. The van der Waals surface area contributed by atoms with E-state index in [0.29, 0.717) is 6.54 Å². The molecular formula is C14H24N2O3. The maximum absolute atomic E-state index is 12.2. The normalized spacial score (nSPS) is 11.7. The number of nitrogens with zero attached hydrogens (tertiary/aromatic N) is 2. The highest BCUT2D eigenvalue weighted by atomic mass is 16.5. The van der Waals surface area contributed by atoms with Gasteiger partial charge in [-0.2, -0.15) is 0 Å². The second-order valence-electron chi connectivity index (χ2n) is 5.48. The molecule has 0 unspecified atom stereocenters. The van der Waals surface area contributed by atoms with Gasteiger partial charge in [0.05, 0.1) is 17.7 Å². The molecule has 0 aromatic carbocycles. The standard InChI is InChI=1S/C14H24N2O3/c1-6-11-10(12(7-2)19-15-11)8-13(17)16(5)9-14(3,4)18/h18H,6-9H2,1-5H3. The highest BCUT2D eigenvalue weighted by molar-refractivity contribution is 5.79. The van der Waals surface area contributed by atoms with Gasteiger partial charge in [0, 0.05) is 25.6 Å². The Morgan fingerprint density at radius 1 is 1.37 bits per heavy atom. The van der Waals surface area contributed by atoms with Crippen LogP contribution in [0.15, 0.2) is 4.52 Å². The number of rotatable bonds is 6. The van der Waals surface area contributed by atoms with Gasteiger partial charge in [-0.15, -0.1) is 0 Å².